The maximum Gasteiger partial charge on any atom is 0.339 e. The number of halogens is 1. The third-order valence-electron chi connectivity index (χ3n) is 2.83. The highest BCUT2D eigenvalue weighted by molar-refractivity contribution is 6.32. The standard InChI is InChI=1S/C14H17ClO4/c1-4-10-7-13(15)12(14(17)18-3)6-5-11(10)8-19-9(2)16/h5-6H,4,7-8H2,1-3H3. The minimum Gasteiger partial charge on any atom is -0.465 e. The van der Waals surface area contributed by atoms with Gasteiger partial charge in [-0.05, 0) is 18.1 Å². The highest BCUT2D eigenvalue weighted by Crippen LogP contribution is 2.29. The monoisotopic (exact) mass is 284 g/mol. The lowest BCUT2D eigenvalue weighted by Crippen LogP contribution is -2.04. The largest absolute Gasteiger partial charge is 0.465 e. The first-order chi connectivity index (χ1) is 8.99. The van der Waals surface area contributed by atoms with Crippen molar-refractivity contribution in [1.82, 2.24) is 0 Å². The van der Waals surface area contributed by atoms with Gasteiger partial charge < -0.3 is 9.47 Å². The summed E-state index contributed by atoms with van der Waals surface area (Å²) in [5.74, 6) is -0.807. The third-order valence-corrected chi connectivity index (χ3v) is 3.17. The van der Waals surface area contributed by atoms with E-state index in [4.69, 9.17) is 16.3 Å². The Hall–Kier alpha value is -1.55. The molecule has 1 aliphatic carbocycles. The molecule has 0 aromatic rings. The molecule has 0 N–H and O–H groups in total. The molecule has 0 amide bonds. The van der Waals surface area contributed by atoms with Crippen LogP contribution in [0.3, 0.4) is 0 Å². The SMILES string of the molecule is CCC1=C(COC(C)=O)C=CC(C(=O)OC)=C(Cl)C1. The maximum absolute atomic E-state index is 11.6. The lowest BCUT2D eigenvalue weighted by atomic mass is 10.0. The van der Waals surface area contributed by atoms with Crippen LogP contribution in [-0.4, -0.2) is 25.7 Å². The summed E-state index contributed by atoms with van der Waals surface area (Å²) in [5.41, 5.74) is 2.25. The summed E-state index contributed by atoms with van der Waals surface area (Å²) >= 11 is 6.15. The highest BCUT2D eigenvalue weighted by Gasteiger charge is 2.18. The summed E-state index contributed by atoms with van der Waals surface area (Å²) in [4.78, 5) is 22.4. The Bertz CT molecular complexity index is 472. The van der Waals surface area contributed by atoms with Crippen molar-refractivity contribution in [3.05, 3.63) is 33.9 Å². The van der Waals surface area contributed by atoms with Gasteiger partial charge in [0.05, 0.1) is 12.7 Å². The van der Waals surface area contributed by atoms with Crippen molar-refractivity contribution in [3.63, 3.8) is 0 Å². The first-order valence-corrected chi connectivity index (χ1v) is 6.36. The molecular formula is C14H17ClO4. The minimum atomic E-state index is -0.467. The summed E-state index contributed by atoms with van der Waals surface area (Å²) < 4.78 is 9.68. The minimum absolute atomic E-state index is 0.188. The first-order valence-electron chi connectivity index (χ1n) is 5.98. The Kier molecular flexibility index (Phi) is 5.83. The predicted molar refractivity (Wildman–Crippen MR) is 72.6 cm³/mol. The Balaban J connectivity index is 3.00. The zero-order valence-corrected chi connectivity index (χ0v) is 12.0. The number of esters is 2. The molecule has 1 rings (SSSR count). The summed E-state index contributed by atoms with van der Waals surface area (Å²) in [6.07, 6.45) is 4.59. The highest BCUT2D eigenvalue weighted by atomic mass is 35.5. The normalized spacial score (nSPS) is 15.4. The number of methoxy groups -OCH3 is 1. The topological polar surface area (TPSA) is 52.6 Å². The van der Waals surface area contributed by atoms with Crippen molar-refractivity contribution < 1.29 is 19.1 Å². The van der Waals surface area contributed by atoms with Crippen molar-refractivity contribution in [2.75, 3.05) is 13.7 Å². The Morgan fingerprint density at radius 2 is 2.05 bits per heavy atom. The van der Waals surface area contributed by atoms with Crippen LogP contribution in [0.2, 0.25) is 0 Å². The van der Waals surface area contributed by atoms with Gasteiger partial charge in [0.25, 0.3) is 0 Å². The van der Waals surface area contributed by atoms with E-state index in [2.05, 4.69) is 4.74 Å². The van der Waals surface area contributed by atoms with Gasteiger partial charge in [-0.3, -0.25) is 4.79 Å². The molecule has 0 bridgehead atoms. The summed E-state index contributed by atoms with van der Waals surface area (Å²) in [5, 5.41) is 0.442. The average molecular weight is 285 g/mol. The van der Waals surface area contributed by atoms with Gasteiger partial charge >= 0.3 is 11.9 Å². The summed E-state index contributed by atoms with van der Waals surface area (Å²) in [7, 11) is 1.31. The van der Waals surface area contributed by atoms with E-state index in [1.165, 1.54) is 14.0 Å². The molecule has 0 saturated carbocycles. The molecule has 0 heterocycles. The third kappa shape index (κ3) is 4.24. The number of hydrogen-bond acceptors (Lipinski definition) is 4. The Morgan fingerprint density at radius 3 is 2.58 bits per heavy atom. The van der Waals surface area contributed by atoms with Gasteiger partial charge in [0.2, 0.25) is 0 Å². The molecule has 0 aromatic heterocycles. The van der Waals surface area contributed by atoms with E-state index < -0.39 is 5.97 Å². The number of carbonyl (C=O) groups is 2. The predicted octanol–water partition coefficient (Wildman–Crippen LogP) is 2.88. The number of hydrogen-bond donors (Lipinski definition) is 0. The van der Waals surface area contributed by atoms with E-state index in [0.29, 0.717) is 17.0 Å². The van der Waals surface area contributed by atoms with Crippen molar-refractivity contribution in [2.24, 2.45) is 0 Å². The van der Waals surface area contributed by atoms with Crippen LogP contribution in [0.15, 0.2) is 33.9 Å². The van der Waals surface area contributed by atoms with E-state index in [1.807, 2.05) is 6.92 Å². The van der Waals surface area contributed by atoms with E-state index in [0.717, 1.165) is 17.6 Å². The lowest BCUT2D eigenvalue weighted by Gasteiger charge is -2.09. The van der Waals surface area contributed by atoms with Crippen molar-refractivity contribution in [1.29, 1.82) is 0 Å². The molecule has 1 aliphatic rings. The van der Waals surface area contributed by atoms with Gasteiger partial charge in [0.1, 0.15) is 6.61 Å². The summed E-state index contributed by atoms with van der Waals surface area (Å²) in [6.45, 7) is 3.54. The number of allylic oxidation sites excluding steroid dienone is 2. The van der Waals surface area contributed by atoms with Crippen molar-refractivity contribution >= 4 is 23.5 Å². The molecule has 0 spiro atoms. The van der Waals surface area contributed by atoms with Crippen LogP contribution in [0.4, 0.5) is 0 Å². The lowest BCUT2D eigenvalue weighted by molar-refractivity contribution is -0.140. The second kappa shape index (κ2) is 7.14. The van der Waals surface area contributed by atoms with Gasteiger partial charge in [-0.25, -0.2) is 4.79 Å². The van der Waals surface area contributed by atoms with Crippen LogP contribution in [-0.2, 0) is 19.1 Å². The molecular weight excluding hydrogens is 268 g/mol. The molecule has 0 aliphatic heterocycles. The molecule has 0 saturated heterocycles. The summed E-state index contributed by atoms with van der Waals surface area (Å²) in [6, 6.07) is 0. The van der Waals surface area contributed by atoms with E-state index in [1.54, 1.807) is 12.2 Å². The van der Waals surface area contributed by atoms with E-state index in [9.17, 15) is 9.59 Å². The molecule has 0 unspecified atom stereocenters. The van der Waals surface area contributed by atoms with Gasteiger partial charge in [0, 0.05) is 18.4 Å². The van der Waals surface area contributed by atoms with Crippen LogP contribution in [0.25, 0.3) is 0 Å². The fourth-order valence-corrected chi connectivity index (χ4v) is 2.06. The van der Waals surface area contributed by atoms with Gasteiger partial charge in [-0.15, -0.1) is 0 Å². The molecule has 4 nitrogen and oxygen atoms in total. The molecule has 104 valence electrons. The smallest absolute Gasteiger partial charge is 0.339 e. The van der Waals surface area contributed by atoms with Crippen LogP contribution >= 0.6 is 11.6 Å². The maximum atomic E-state index is 11.6. The van der Waals surface area contributed by atoms with Gasteiger partial charge in [-0.1, -0.05) is 30.2 Å². The van der Waals surface area contributed by atoms with Crippen LogP contribution < -0.4 is 0 Å². The van der Waals surface area contributed by atoms with Gasteiger partial charge in [-0.2, -0.15) is 0 Å². The van der Waals surface area contributed by atoms with Crippen LogP contribution in [0.5, 0.6) is 0 Å². The van der Waals surface area contributed by atoms with E-state index >= 15 is 0 Å². The molecule has 0 atom stereocenters. The zero-order chi connectivity index (χ0) is 14.4. The molecule has 0 aromatic carbocycles. The van der Waals surface area contributed by atoms with Gasteiger partial charge in [0.15, 0.2) is 0 Å². The van der Waals surface area contributed by atoms with Crippen LogP contribution in [0.1, 0.15) is 26.7 Å². The second-order valence-corrected chi connectivity index (χ2v) is 4.54. The Morgan fingerprint density at radius 1 is 1.37 bits per heavy atom. The molecule has 5 heteroatoms. The second-order valence-electron chi connectivity index (χ2n) is 4.08. The average Bonchev–Trinajstić information content (AvgIpc) is 2.54. The van der Waals surface area contributed by atoms with Crippen molar-refractivity contribution in [3.8, 4) is 0 Å². The molecule has 0 fully saturated rings. The number of rotatable bonds is 4. The first kappa shape index (κ1) is 15.5. The Labute approximate surface area is 117 Å². The molecule has 19 heavy (non-hydrogen) atoms. The fourth-order valence-electron chi connectivity index (χ4n) is 1.76. The van der Waals surface area contributed by atoms with Crippen LogP contribution in [0, 0.1) is 0 Å². The zero-order valence-electron chi connectivity index (χ0n) is 11.3. The quantitative estimate of drug-likeness (QED) is 0.745. The van der Waals surface area contributed by atoms with Crippen molar-refractivity contribution in [2.45, 2.75) is 26.7 Å². The molecule has 0 radical (unpaired) electrons. The number of ether oxygens (including phenoxy) is 2. The van der Waals surface area contributed by atoms with E-state index in [-0.39, 0.29) is 12.6 Å². The fraction of sp³-hybridized carbons (Fsp3) is 0.429. The number of carbonyl (C=O) groups excluding carboxylic acids is 2.